The lowest BCUT2D eigenvalue weighted by atomic mass is 9.90. The van der Waals surface area contributed by atoms with E-state index < -0.39 is 11.6 Å². The predicted molar refractivity (Wildman–Crippen MR) is 68.1 cm³/mol. The number of halogens is 2. The van der Waals surface area contributed by atoms with Crippen LogP contribution in [0, 0.1) is 11.6 Å². The van der Waals surface area contributed by atoms with Gasteiger partial charge in [-0.3, -0.25) is 4.90 Å². The van der Waals surface area contributed by atoms with Crippen molar-refractivity contribution in [1.29, 1.82) is 0 Å². The van der Waals surface area contributed by atoms with E-state index in [2.05, 4.69) is 4.90 Å². The lowest BCUT2D eigenvalue weighted by Gasteiger charge is -2.36. The molecule has 100 valence electrons. The van der Waals surface area contributed by atoms with Gasteiger partial charge in [0.25, 0.3) is 0 Å². The highest BCUT2D eigenvalue weighted by Crippen LogP contribution is 2.23. The quantitative estimate of drug-likeness (QED) is 0.898. The van der Waals surface area contributed by atoms with Gasteiger partial charge in [-0.15, -0.1) is 0 Å². The second-order valence-corrected chi connectivity index (χ2v) is 5.17. The lowest BCUT2D eigenvalue weighted by Crippen LogP contribution is -2.47. The fourth-order valence-corrected chi connectivity index (χ4v) is 2.72. The van der Waals surface area contributed by atoms with E-state index in [9.17, 15) is 8.78 Å². The van der Waals surface area contributed by atoms with Crippen molar-refractivity contribution in [3.8, 4) is 0 Å². The summed E-state index contributed by atoms with van der Waals surface area (Å²) in [6, 6.07) is 4.20. The summed E-state index contributed by atoms with van der Waals surface area (Å²) in [5.74, 6) is -1.01. The van der Waals surface area contributed by atoms with Gasteiger partial charge in [0, 0.05) is 30.3 Å². The average molecular weight is 254 g/mol. The molecule has 4 heteroatoms. The van der Waals surface area contributed by atoms with Gasteiger partial charge in [-0.25, -0.2) is 8.78 Å². The molecule has 1 aliphatic carbocycles. The Hall–Kier alpha value is -1.00. The molecule has 1 aromatic rings. The Morgan fingerprint density at radius 2 is 2.00 bits per heavy atom. The zero-order valence-corrected chi connectivity index (χ0v) is 10.7. The Balaban J connectivity index is 2.03. The second-order valence-electron chi connectivity index (χ2n) is 5.17. The van der Waals surface area contributed by atoms with Crippen molar-refractivity contribution in [2.24, 2.45) is 5.73 Å². The van der Waals surface area contributed by atoms with E-state index in [-0.39, 0.29) is 6.04 Å². The first-order valence-corrected chi connectivity index (χ1v) is 6.47. The highest BCUT2D eigenvalue weighted by atomic mass is 19.1. The molecule has 0 radical (unpaired) electrons. The van der Waals surface area contributed by atoms with Crippen molar-refractivity contribution in [2.45, 2.75) is 44.3 Å². The standard InChI is InChI=1S/C14H20F2N2/c1-18(14-5-3-2-4-13(14)17)9-10-6-7-11(15)8-12(10)16/h6-8,13-14H,2-5,9,17H2,1H3. The minimum atomic E-state index is -0.534. The van der Waals surface area contributed by atoms with Crippen molar-refractivity contribution in [2.75, 3.05) is 7.05 Å². The topological polar surface area (TPSA) is 29.3 Å². The molecule has 2 unspecified atom stereocenters. The molecule has 2 rings (SSSR count). The fourth-order valence-electron chi connectivity index (χ4n) is 2.72. The van der Waals surface area contributed by atoms with Crippen LogP contribution in [-0.2, 0) is 6.54 Å². The number of nitrogens with two attached hydrogens (primary N) is 1. The maximum Gasteiger partial charge on any atom is 0.130 e. The monoisotopic (exact) mass is 254 g/mol. The van der Waals surface area contributed by atoms with Crippen molar-refractivity contribution in [3.05, 3.63) is 35.4 Å². The van der Waals surface area contributed by atoms with Crippen molar-refractivity contribution in [1.82, 2.24) is 4.90 Å². The van der Waals surface area contributed by atoms with E-state index in [4.69, 9.17) is 5.73 Å². The van der Waals surface area contributed by atoms with Gasteiger partial charge < -0.3 is 5.73 Å². The number of rotatable bonds is 3. The molecular weight excluding hydrogens is 234 g/mol. The van der Waals surface area contributed by atoms with Gasteiger partial charge in [-0.2, -0.15) is 0 Å². The zero-order chi connectivity index (χ0) is 13.1. The molecule has 2 nitrogen and oxygen atoms in total. The van der Waals surface area contributed by atoms with Crippen LogP contribution >= 0.6 is 0 Å². The first-order chi connectivity index (χ1) is 8.58. The maximum atomic E-state index is 13.6. The number of hydrogen-bond donors (Lipinski definition) is 1. The Labute approximate surface area is 107 Å². The molecule has 0 aliphatic heterocycles. The van der Waals surface area contributed by atoms with Crippen LogP contribution < -0.4 is 5.73 Å². The molecule has 18 heavy (non-hydrogen) atoms. The Bertz CT molecular complexity index is 409. The van der Waals surface area contributed by atoms with Gasteiger partial charge in [-0.1, -0.05) is 18.9 Å². The van der Waals surface area contributed by atoms with E-state index in [1.54, 1.807) is 0 Å². The third-order valence-corrected chi connectivity index (χ3v) is 3.78. The lowest BCUT2D eigenvalue weighted by molar-refractivity contribution is 0.160. The summed E-state index contributed by atoms with van der Waals surface area (Å²) < 4.78 is 26.4. The summed E-state index contributed by atoms with van der Waals surface area (Å²) in [4.78, 5) is 2.08. The van der Waals surface area contributed by atoms with Gasteiger partial charge in [0.05, 0.1) is 0 Å². The summed E-state index contributed by atoms with van der Waals surface area (Å²) in [5.41, 5.74) is 6.62. The summed E-state index contributed by atoms with van der Waals surface area (Å²) >= 11 is 0. The van der Waals surface area contributed by atoms with Crippen LogP contribution in [0.2, 0.25) is 0 Å². The van der Waals surface area contributed by atoms with Crippen molar-refractivity contribution in [3.63, 3.8) is 0 Å². The molecule has 1 saturated carbocycles. The summed E-state index contributed by atoms with van der Waals surface area (Å²) in [6.45, 7) is 0.477. The summed E-state index contributed by atoms with van der Waals surface area (Å²) in [6.07, 6.45) is 4.44. The summed E-state index contributed by atoms with van der Waals surface area (Å²) in [5, 5.41) is 0. The molecule has 1 aliphatic rings. The Kier molecular flexibility index (Phi) is 4.30. The highest BCUT2D eigenvalue weighted by molar-refractivity contribution is 5.18. The van der Waals surface area contributed by atoms with Crippen LogP contribution in [0.4, 0.5) is 8.78 Å². The van der Waals surface area contributed by atoms with E-state index >= 15 is 0 Å². The van der Waals surface area contributed by atoms with Crippen LogP contribution in [0.15, 0.2) is 18.2 Å². The minimum absolute atomic E-state index is 0.159. The van der Waals surface area contributed by atoms with Crippen LogP contribution in [-0.4, -0.2) is 24.0 Å². The first-order valence-electron chi connectivity index (χ1n) is 6.47. The number of likely N-dealkylation sites (N-methyl/N-ethyl adjacent to an activating group) is 1. The molecular formula is C14H20F2N2. The molecule has 1 aromatic carbocycles. The average Bonchev–Trinajstić information content (AvgIpc) is 2.33. The van der Waals surface area contributed by atoms with E-state index in [1.165, 1.54) is 25.0 Å². The first kappa shape index (κ1) is 13.4. The molecule has 0 amide bonds. The summed E-state index contributed by atoms with van der Waals surface area (Å²) in [7, 11) is 1.96. The van der Waals surface area contributed by atoms with E-state index in [0.29, 0.717) is 18.2 Å². The molecule has 2 N–H and O–H groups in total. The third kappa shape index (κ3) is 3.06. The molecule has 2 atom stereocenters. The van der Waals surface area contributed by atoms with Gasteiger partial charge in [0.15, 0.2) is 0 Å². The van der Waals surface area contributed by atoms with Crippen molar-refractivity contribution >= 4 is 0 Å². The van der Waals surface area contributed by atoms with Crippen LogP contribution in [0.1, 0.15) is 31.2 Å². The van der Waals surface area contributed by atoms with Gasteiger partial charge in [0.2, 0.25) is 0 Å². The van der Waals surface area contributed by atoms with Crippen molar-refractivity contribution < 1.29 is 8.78 Å². The number of benzene rings is 1. The molecule has 0 aromatic heterocycles. The van der Waals surface area contributed by atoms with Gasteiger partial charge >= 0.3 is 0 Å². The van der Waals surface area contributed by atoms with Crippen LogP contribution in [0.25, 0.3) is 0 Å². The number of nitrogens with zero attached hydrogens (tertiary/aromatic N) is 1. The third-order valence-electron chi connectivity index (χ3n) is 3.78. The maximum absolute atomic E-state index is 13.6. The second kappa shape index (κ2) is 5.76. The molecule has 1 fully saturated rings. The van der Waals surface area contributed by atoms with Gasteiger partial charge in [-0.05, 0) is 26.0 Å². The van der Waals surface area contributed by atoms with E-state index in [0.717, 1.165) is 18.9 Å². The number of hydrogen-bond acceptors (Lipinski definition) is 2. The van der Waals surface area contributed by atoms with Crippen LogP contribution in [0.3, 0.4) is 0 Å². The van der Waals surface area contributed by atoms with Crippen LogP contribution in [0.5, 0.6) is 0 Å². The Morgan fingerprint density at radius 3 is 2.67 bits per heavy atom. The molecule has 0 heterocycles. The predicted octanol–water partition coefficient (Wildman–Crippen LogP) is 2.67. The fraction of sp³-hybridized carbons (Fsp3) is 0.571. The van der Waals surface area contributed by atoms with Gasteiger partial charge in [0.1, 0.15) is 11.6 Å². The largest absolute Gasteiger partial charge is 0.326 e. The Morgan fingerprint density at radius 1 is 1.28 bits per heavy atom. The molecule has 0 bridgehead atoms. The molecule has 0 spiro atoms. The smallest absolute Gasteiger partial charge is 0.130 e. The normalized spacial score (nSPS) is 24.5. The molecule has 0 saturated heterocycles. The van der Waals surface area contributed by atoms with E-state index in [1.807, 2.05) is 7.05 Å². The SMILES string of the molecule is CN(Cc1ccc(F)cc1F)C1CCCCC1N. The highest BCUT2D eigenvalue weighted by Gasteiger charge is 2.25. The minimum Gasteiger partial charge on any atom is -0.326 e. The zero-order valence-electron chi connectivity index (χ0n) is 10.7.